The Morgan fingerprint density at radius 2 is 2.38 bits per heavy atom. The Hall–Kier alpha value is -0.550. The molecule has 0 radical (unpaired) electrons. The number of rotatable bonds is 3. The van der Waals surface area contributed by atoms with Crippen LogP contribution in [0.15, 0.2) is 15.9 Å². The van der Waals surface area contributed by atoms with Gasteiger partial charge in [-0.05, 0) is 34.5 Å². The molecule has 0 saturated carbocycles. The Morgan fingerprint density at radius 1 is 1.62 bits per heavy atom. The molecular formula is C8H11BrN2OS. The summed E-state index contributed by atoms with van der Waals surface area (Å²) in [6, 6.07) is 3.94. The van der Waals surface area contributed by atoms with Crippen molar-refractivity contribution in [1.82, 2.24) is 10.6 Å². The fraction of sp³-hybridized carbons (Fsp3) is 0.375. The molecule has 1 rings (SSSR count). The van der Waals surface area contributed by atoms with Gasteiger partial charge in [0.05, 0.1) is 3.79 Å². The van der Waals surface area contributed by atoms with Crippen molar-refractivity contribution in [2.24, 2.45) is 0 Å². The Labute approximate surface area is 89.7 Å². The van der Waals surface area contributed by atoms with Crippen LogP contribution in [0.5, 0.6) is 0 Å². The van der Waals surface area contributed by atoms with Crippen molar-refractivity contribution in [1.29, 1.82) is 0 Å². The van der Waals surface area contributed by atoms with Crippen molar-refractivity contribution in [3.63, 3.8) is 0 Å². The van der Waals surface area contributed by atoms with Gasteiger partial charge in [0.1, 0.15) is 0 Å². The minimum Gasteiger partial charge on any atom is -0.341 e. The number of hydrogen-bond donors (Lipinski definition) is 2. The van der Waals surface area contributed by atoms with Crippen LogP contribution in [0.1, 0.15) is 4.88 Å². The highest BCUT2D eigenvalue weighted by atomic mass is 79.9. The fourth-order valence-electron chi connectivity index (χ4n) is 0.874. The third-order valence-corrected chi connectivity index (χ3v) is 3.20. The van der Waals surface area contributed by atoms with Gasteiger partial charge in [0.15, 0.2) is 0 Å². The molecule has 0 spiro atoms. The summed E-state index contributed by atoms with van der Waals surface area (Å²) in [6.07, 6.45) is 0.879. The number of hydrogen-bond acceptors (Lipinski definition) is 2. The van der Waals surface area contributed by atoms with Crippen molar-refractivity contribution in [2.75, 3.05) is 13.6 Å². The maximum absolute atomic E-state index is 10.8. The predicted molar refractivity (Wildman–Crippen MR) is 58.2 cm³/mol. The highest BCUT2D eigenvalue weighted by Crippen LogP contribution is 2.21. The first-order valence-corrected chi connectivity index (χ1v) is 5.53. The van der Waals surface area contributed by atoms with E-state index in [2.05, 4.69) is 32.6 Å². The maximum Gasteiger partial charge on any atom is 0.314 e. The number of carbonyl (C=O) groups excluding carboxylic acids is 1. The van der Waals surface area contributed by atoms with Gasteiger partial charge in [0.25, 0.3) is 0 Å². The summed E-state index contributed by atoms with van der Waals surface area (Å²) in [4.78, 5) is 12.0. The second-order valence-electron chi connectivity index (χ2n) is 2.46. The van der Waals surface area contributed by atoms with E-state index in [9.17, 15) is 4.79 Å². The molecule has 13 heavy (non-hydrogen) atoms. The van der Waals surface area contributed by atoms with E-state index in [-0.39, 0.29) is 6.03 Å². The normalized spacial score (nSPS) is 9.69. The van der Waals surface area contributed by atoms with E-state index in [0.29, 0.717) is 6.54 Å². The number of halogens is 1. The van der Waals surface area contributed by atoms with Crippen molar-refractivity contribution in [3.05, 3.63) is 20.8 Å². The van der Waals surface area contributed by atoms with E-state index < -0.39 is 0 Å². The van der Waals surface area contributed by atoms with E-state index in [0.717, 1.165) is 10.2 Å². The highest BCUT2D eigenvalue weighted by molar-refractivity contribution is 9.11. The van der Waals surface area contributed by atoms with Gasteiger partial charge < -0.3 is 10.6 Å². The molecule has 1 aromatic heterocycles. The summed E-state index contributed by atoms with van der Waals surface area (Å²) >= 11 is 5.08. The summed E-state index contributed by atoms with van der Waals surface area (Å²) in [5, 5.41) is 5.23. The zero-order chi connectivity index (χ0) is 9.68. The molecule has 0 saturated heterocycles. The second kappa shape index (κ2) is 5.24. The van der Waals surface area contributed by atoms with Crippen LogP contribution in [0.3, 0.4) is 0 Å². The third kappa shape index (κ3) is 3.78. The van der Waals surface area contributed by atoms with Gasteiger partial charge in [-0.1, -0.05) is 0 Å². The van der Waals surface area contributed by atoms with E-state index in [1.54, 1.807) is 18.4 Å². The average Bonchev–Trinajstić information content (AvgIpc) is 2.51. The van der Waals surface area contributed by atoms with Gasteiger partial charge in [0, 0.05) is 18.5 Å². The van der Waals surface area contributed by atoms with Crippen LogP contribution in [-0.4, -0.2) is 19.6 Å². The molecule has 2 N–H and O–H groups in total. The smallest absolute Gasteiger partial charge is 0.314 e. The average molecular weight is 263 g/mol. The van der Waals surface area contributed by atoms with Gasteiger partial charge in [-0.25, -0.2) is 4.79 Å². The quantitative estimate of drug-likeness (QED) is 0.860. The topological polar surface area (TPSA) is 41.1 Å². The third-order valence-electron chi connectivity index (χ3n) is 1.51. The molecule has 0 unspecified atom stereocenters. The Bertz CT molecular complexity index is 287. The first kappa shape index (κ1) is 10.5. The minimum atomic E-state index is -0.129. The van der Waals surface area contributed by atoms with Gasteiger partial charge in [-0.2, -0.15) is 0 Å². The van der Waals surface area contributed by atoms with Crippen LogP contribution < -0.4 is 10.6 Å². The molecule has 1 aromatic rings. The first-order chi connectivity index (χ1) is 6.22. The van der Waals surface area contributed by atoms with Crippen molar-refractivity contribution >= 4 is 33.3 Å². The predicted octanol–water partition coefficient (Wildman–Crippen LogP) is 1.98. The number of amides is 2. The lowest BCUT2D eigenvalue weighted by Crippen LogP contribution is -2.33. The molecule has 0 bridgehead atoms. The molecular weight excluding hydrogens is 252 g/mol. The largest absolute Gasteiger partial charge is 0.341 e. The van der Waals surface area contributed by atoms with E-state index >= 15 is 0 Å². The van der Waals surface area contributed by atoms with Gasteiger partial charge in [-0.15, -0.1) is 11.3 Å². The molecule has 72 valence electrons. The molecule has 5 heteroatoms. The fourth-order valence-corrected chi connectivity index (χ4v) is 2.36. The molecule has 0 aliphatic heterocycles. The highest BCUT2D eigenvalue weighted by Gasteiger charge is 1.98. The Kier molecular flexibility index (Phi) is 4.24. The van der Waals surface area contributed by atoms with Gasteiger partial charge in [-0.3, -0.25) is 0 Å². The monoisotopic (exact) mass is 262 g/mol. The van der Waals surface area contributed by atoms with Crippen molar-refractivity contribution in [2.45, 2.75) is 6.42 Å². The van der Waals surface area contributed by atoms with Gasteiger partial charge in [0.2, 0.25) is 0 Å². The van der Waals surface area contributed by atoms with E-state index in [1.165, 1.54) is 4.88 Å². The van der Waals surface area contributed by atoms with Crippen LogP contribution in [0.2, 0.25) is 0 Å². The molecule has 2 amide bonds. The van der Waals surface area contributed by atoms with Crippen LogP contribution in [0, 0.1) is 0 Å². The van der Waals surface area contributed by atoms with Crippen molar-refractivity contribution < 1.29 is 4.79 Å². The summed E-state index contributed by atoms with van der Waals surface area (Å²) in [6.45, 7) is 0.673. The minimum absolute atomic E-state index is 0.129. The summed E-state index contributed by atoms with van der Waals surface area (Å²) in [5.41, 5.74) is 0. The lowest BCUT2D eigenvalue weighted by atomic mass is 10.3. The number of thiophene rings is 1. The van der Waals surface area contributed by atoms with Crippen molar-refractivity contribution in [3.8, 4) is 0 Å². The zero-order valence-corrected chi connectivity index (χ0v) is 9.67. The van der Waals surface area contributed by atoms with E-state index in [1.807, 2.05) is 6.07 Å². The molecule has 0 aliphatic rings. The van der Waals surface area contributed by atoms with E-state index in [4.69, 9.17) is 0 Å². The lowest BCUT2D eigenvalue weighted by molar-refractivity contribution is 0.243. The molecule has 1 heterocycles. The molecule has 0 atom stereocenters. The second-order valence-corrected chi connectivity index (χ2v) is 5.01. The molecule has 0 aromatic carbocycles. The molecule has 0 aliphatic carbocycles. The Morgan fingerprint density at radius 3 is 2.92 bits per heavy atom. The summed E-state index contributed by atoms with van der Waals surface area (Å²) in [5.74, 6) is 0. The van der Waals surface area contributed by atoms with Crippen LogP contribution in [0.4, 0.5) is 4.79 Å². The maximum atomic E-state index is 10.8. The van der Waals surface area contributed by atoms with Gasteiger partial charge >= 0.3 is 6.03 Å². The summed E-state index contributed by atoms with van der Waals surface area (Å²) in [7, 11) is 1.61. The zero-order valence-electron chi connectivity index (χ0n) is 7.26. The molecule has 3 nitrogen and oxygen atoms in total. The first-order valence-electron chi connectivity index (χ1n) is 3.92. The number of carbonyl (C=O) groups is 1. The number of nitrogens with one attached hydrogen (secondary N) is 2. The Balaban J connectivity index is 2.24. The SMILES string of the molecule is CNC(=O)NCCc1ccc(Br)s1. The van der Waals surface area contributed by atoms with Crippen LogP contribution in [0.25, 0.3) is 0 Å². The number of urea groups is 1. The molecule has 0 fully saturated rings. The standard InChI is InChI=1S/C8H11BrN2OS/c1-10-8(12)11-5-4-6-2-3-7(9)13-6/h2-3H,4-5H2,1H3,(H2,10,11,12). The van der Waals surface area contributed by atoms with Crippen LogP contribution in [-0.2, 0) is 6.42 Å². The summed E-state index contributed by atoms with van der Waals surface area (Å²) < 4.78 is 1.13. The lowest BCUT2D eigenvalue weighted by Gasteiger charge is -2.01. The van der Waals surface area contributed by atoms with Crippen LogP contribution >= 0.6 is 27.3 Å².